The third kappa shape index (κ3) is 9.08. The number of nitrogens with zero attached hydrogens (tertiary/aromatic N) is 3. The van der Waals surface area contributed by atoms with Crippen LogP contribution in [0, 0.1) is 0 Å². The standard InChI is InChI=1S/C85H94BN3/c1-78(2,3)55-32-37-60(38-33-55)87(61-39-34-56(35-40-61)79(4,5)6)62-49-73-75-74(50-62)89-77-69(84(18)42-26-27-43-85(84,89)19)47-59(82(13,14)15)48-71(77)86(75)70-51-66-63-41-36-57(80(7,8)9)46-67(63)83(16,17)68(66)52-72(70)88(73)76-64(53-28-22-20-23-29-53)44-58(81(10,11)12)45-65(76)54-30-24-21-25-31-54/h20-25,28-41,44-52H,26-27,42-43H2,1-19H3. The first-order chi connectivity index (χ1) is 41.8. The van der Waals surface area contributed by atoms with E-state index in [-0.39, 0.29) is 50.2 Å². The van der Waals surface area contributed by atoms with Crippen LogP contribution < -0.4 is 31.1 Å². The molecule has 2 atom stereocenters. The first kappa shape index (κ1) is 59.1. The normalized spacial score (nSPS) is 18.9. The summed E-state index contributed by atoms with van der Waals surface area (Å²) in [6.07, 6.45) is 4.69. The summed E-state index contributed by atoms with van der Waals surface area (Å²) in [6, 6.07) is 70.3. The second-order valence-corrected chi connectivity index (χ2v) is 33.4. The zero-order valence-electron chi connectivity index (χ0n) is 57.0. The van der Waals surface area contributed by atoms with E-state index in [4.69, 9.17) is 0 Å². The summed E-state index contributed by atoms with van der Waals surface area (Å²) in [7, 11) is 0. The van der Waals surface area contributed by atoms with Gasteiger partial charge in [-0.15, -0.1) is 0 Å². The SMILES string of the molecule is CC(C)(C)c1ccc(N(c2ccc(C(C)(C)C)cc2)c2cc3c4c(c2)N2c5c(cc(C(C)(C)C)cc5C5(C)CCCCC25C)B4c2cc4c(cc2N3c2c(-c3ccccc3)cc(C(C)(C)C)cc2-c2ccccc2)C(C)(C)c2cc(C(C)(C)C)ccc2-4)cc1. The number of fused-ring (bicyclic) bond motifs is 10. The van der Waals surface area contributed by atoms with Gasteiger partial charge >= 0.3 is 0 Å². The smallest absolute Gasteiger partial charge is 0.252 e. The van der Waals surface area contributed by atoms with E-state index in [1.54, 1.807) is 0 Å². The lowest BCUT2D eigenvalue weighted by atomic mass is 9.33. The molecule has 0 spiro atoms. The van der Waals surface area contributed by atoms with Gasteiger partial charge in [-0.3, -0.25) is 0 Å². The Morgan fingerprint density at radius 3 is 1.37 bits per heavy atom. The Hall–Kier alpha value is -7.56. The van der Waals surface area contributed by atoms with Gasteiger partial charge in [0.15, 0.2) is 0 Å². The van der Waals surface area contributed by atoms with Gasteiger partial charge in [-0.1, -0.05) is 259 Å². The monoisotopic (exact) mass is 1170 g/mol. The fraction of sp³-hybridized carbons (Fsp3) is 0.365. The van der Waals surface area contributed by atoms with Gasteiger partial charge in [0, 0.05) is 56.1 Å². The molecule has 14 rings (SSSR count). The molecule has 0 saturated heterocycles. The molecule has 2 aliphatic carbocycles. The Morgan fingerprint density at radius 2 is 0.843 bits per heavy atom. The van der Waals surface area contributed by atoms with Crippen LogP contribution in [-0.2, 0) is 37.9 Å². The van der Waals surface area contributed by atoms with Gasteiger partial charge in [0.1, 0.15) is 0 Å². The average molecular weight is 1170 g/mol. The summed E-state index contributed by atoms with van der Waals surface area (Å²) in [5, 5.41) is 0. The Bertz CT molecular complexity index is 4200. The lowest BCUT2D eigenvalue weighted by Crippen LogP contribution is -2.64. The molecule has 3 aliphatic heterocycles. The quantitative estimate of drug-likeness (QED) is 0.154. The molecule has 3 nitrogen and oxygen atoms in total. The second-order valence-electron chi connectivity index (χ2n) is 33.4. The van der Waals surface area contributed by atoms with E-state index < -0.39 is 0 Å². The van der Waals surface area contributed by atoms with Crippen molar-refractivity contribution in [1.29, 1.82) is 0 Å². The molecular formula is C85H94BN3. The minimum absolute atomic E-state index is 0.000585. The lowest BCUT2D eigenvalue weighted by Gasteiger charge is -2.53. The molecule has 1 fully saturated rings. The first-order valence-electron chi connectivity index (χ1n) is 33.4. The highest BCUT2D eigenvalue weighted by atomic mass is 15.3. The van der Waals surface area contributed by atoms with Crippen LogP contribution in [0.25, 0.3) is 33.4 Å². The molecule has 0 aromatic heterocycles. The van der Waals surface area contributed by atoms with Crippen molar-refractivity contribution < 1.29 is 0 Å². The zero-order chi connectivity index (χ0) is 63.1. The van der Waals surface area contributed by atoms with Crippen LogP contribution in [0.15, 0.2) is 176 Å². The third-order valence-electron chi connectivity index (χ3n) is 22.2. The van der Waals surface area contributed by atoms with Crippen LogP contribution >= 0.6 is 0 Å². The van der Waals surface area contributed by atoms with Crippen LogP contribution in [0.2, 0.25) is 0 Å². The van der Waals surface area contributed by atoms with Crippen molar-refractivity contribution in [3.63, 3.8) is 0 Å². The predicted octanol–water partition coefficient (Wildman–Crippen LogP) is 21.6. The number of hydrogen-bond acceptors (Lipinski definition) is 3. The van der Waals surface area contributed by atoms with Gasteiger partial charge < -0.3 is 14.7 Å². The topological polar surface area (TPSA) is 9.72 Å². The molecule has 3 heterocycles. The molecule has 452 valence electrons. The first-order valence-corrected chi connectivity index (χ1v) is 33.4. The number of hydrogen-bond donors (Lipinski definition) is 0. The van der Waals surface area contributed by atoms with E-state index in [0.717, 1.165) is 29.9 Å². The lowest BCUT2D eigenvalue weighted by molar-refractivity contribution is 0.195. The zero-order valence-corrected chi connectivity index (χ0v) is 57.0. The summed E-state index contributed by atoms with van der Waals surface area (Å²) < 4.78 is 0. The van der Waals surface area contributed by atoms with Gasteiger partial charge in [0.2, 0.25) is 0 Å². The van der Waals surface area contributed by atoms with Crippen molar-refractivity contribution >= 4 is 68.6 Å². The number of anilines is 8. The molecule has 0 N–H and O–H groups in total. The fourth-order valence-corrected chi connectivity index (χ4v) is 16.5. The number of benzene rings is 9. The van der Waals surface area contributed by atoms with Crippen LogP contribution in [-0.4, -0.2) is 12.3 Å². The predicted molar refractivity (Wildman–Crippen MR) is 385 cm³/mol. The van der Waals surface area contributed by atoms with Crippen LogP contribution in [0.5, 0.6) is 0 Å². The largest absolute Gasteiger partial charge is 0.335 e. The Balaban J connectivity index is 1.19. The maximum Gasteiger partial charge on any atom is 0.252 e. The third-order valence-corrected chi connectivity index (χ3v) is 22.2. The molecule has 5 aliphatic rings. The van der Waals surface area contributed by atoms with E-state index in [1.807, 2.05) is 0 Å². The summed E-state index contributed by atoms with van der Waals surface area (Å²) in [5.74, 6) is 0. The molecule has 2 unspecified atom stereocenters. The molecule has 0 radical (unpaired) electrons. The van der Waals surface area contributed by atoms with Crippen LogP contribution in [0.3, 0.4) is 0 Å². The minimum Gasteiger partial charge on any atom is -0.335 e. The van der Waals surface area contributed by atoms with Crippen molar-refractivity contribution in [1.82, 2.24) is 0 Å². The maximum atomic E-state index is 2.95. The van der Waals surface area contributed by atoms with Gasteiger partial charge in [-0.05, 0) is 185 Å². The van der Waals surface area contributed by atoms with E-state index in [0.29, 0.717) is 0 Å². The van der Waals surface area contributed by atoms with E-state index >= 15 is 0 Å². The van der Waals surface area contributed by atoms with Crippen molar-refractivity contribution in [2.24, 2.45) is 0 Å². The summed E-state index contributed by atoms with van der Waals surface area (Å²) in [4.78, 5) is 8.35. The summed E-state index contributed by atoms with van der Waals surface area (Å²) in [5.41, 5.74) is 32.0. The molecule has 9 aromatic carbocycles. The van der Waals surface area contributed by atoms with E-state index in [2.05, 4.69) is 322 Å². The Morgan fingerprint density at radius 1 is 0.371 bits per heavy atom. The molecule has 0 bridgehead atoms. The van der Waals surface area contributed by atoms with Crippen LogP contribution in [0.1, 0.15) is 202 Å². The van der Waals surface area contributed by atoms with Crippen molar-refractivity contribution in [3.05, 3.63) is 220 Å². The highest BCUT2D eigenvalue weighted by molar-refractivity contribution is 7.00. The average Bonchev–Trinajstić information content (AvgIpc) is 1.66. The van der Waals surface area contributed by atoms with Crippen LogP contribution in [0.4, 0.5) is 45.5 Å². The van der Waals surface area contributed by atoms with Crippen molar-refractivity contribution in [3.8, 4) is 33.4 Å². The molecule has 4 heteroatoms. The van der Waals surface area contributed by atoms with Crippen molar-refractivity contribution in [2.75, 3.05) is 14.7 Å². The number of rotatable bonds is 6. The van der Waals surface area contributed by atoms with Gasteiger partial charge in [0.25, 0.3) is 6.71 Å². The van der Waals surface area contributed by atoms with Gasteiger partial charge in [-0.25, -0.2) is 0 Å². The van der Waals surface area contributed by atoms with Crippen molar-refractivity contribution in [2.45, 2.75) is 201 Å². The molecule has 89 heavy (non-hydrogen) atoms. The maximum absolute atomic E-state index is 2.95. The Labute approximate surface area is 534 Å². The molecule has 0 amide bonds. The summed E-state index contributed by atoms with van der Waals surface area (Å²) >= 11 is 0. The van der Waals surface area contributed by atoms with Gasteiger partial charge in [0.05, 0.1) is 16.9 Å². The molecular weight excluding hydrogens is 1070 g/mol. The summed E-state index contributed by atoms with van der Waals surface area (Å²) in [6.45, 7) is 45.7. The second kappa shape index (κ2) is 19.7. The highest BCUT2D eigenvalue weighted by Crippen LogP contribution is 2.64. The highest BCUT2D eigenvalue weighted by Gasteiger charge is 2.62. The van der Waals surface area contributed by atoms with Gasteiger partial charge in [-0.2, -0.15) is 0 Å². The molecule has 1 saturated carbocycles. The molecule has 9 aromatic rings. The Kier molecular flexibility index (Phi) is 13.1. The van der Waals surface area contributed by atoms with E-state index in [9.17, 15) is 0 Å². The minimum atomic E-state index is -0.286. The fourth-order valence-electron chi connectivity index (χ4n) is 16.5. The van der Waals surface area contributed by atoms with E-state index in [1.165, 1.54) is 136 Å².